The number of rotatable bonds is 4. The van der Waals surface area contributed by atoms with E-state index in [0.717, 1.165) is 23.4 Å². The van der Waals surface area contributed by atoms with E-state index in [4.69, 9.17) is 4.74 Å². The van der Waals surface area contributed by atoms with Gasteiger partial charge in [-0.25, -0.2) is 0 Å². The second-order valence-corrected chi connectivity index (χ2v) is 3.58. The molecule has 0 aliphatic rings. The minimum atomic E-state index is 0.925. The van der Waals surface area contributed by atoms with Crippen LogP contribution in [0.4, 0.5) is 5.69 Å². The van der Waals surface area contributed by atoms with Gasteiger partial charge in [-0.05, 0) is 50.2 Å². The summed E-state index contributed by atoms with van der Waals surface area (Å²) >= 11 is 0. The van der Waals surface area contributed by atoms with Crippen LogP contribution in [0, 0.1) is 13.8 Å². The van der Waals surface area contributed by atoms with Gasteiger partial charge in [-0.15, -0.1) is 0 Å². The molecule has 0 saturated heterocycles. The minimum absolute atomic E-state index is 0.925. The predicted octanol–water partition coefficient (Wildman–Crippen LogP) is 3.28. The van der Waals surface area contributed by atoms with E-state index in [9.17, 15) is 0 Å². The first-order valence-electron chi connectivity index (χ1n) is 5.18. The van der Waals surface area contributed by atoms with Crippen LogP contribution in [0.2, 0.25) is 0 Å². The largest absolute Gasteiger partial charge is 0.496 e. The van der Waals surface area contributed by atoms with Gasteiger partial charge in [0.2, 0.25) is 0 Å². The molecule has 0 heterocycles. The Bertz CT molecular complexity index is 335. The number of anilines is 1. The van der Waals surface area contributed by atoms with Gasteiger partial charge in [-0.2, -0.15) is 0 Å². The molecule has 15 heavy (non-hydrogen) atoms. The summed E-state index contributed by atoms with van der Waals surface area (Å²) in [6.07, 6.45) is 1.85. The molecule has 1 rings (SSSR count). The molecular formula is C13H19NO. The number of hydrogen-bond acceptors (Lipinski definition) is 2. The zero-order chi connectivity index (χ0) is 11.4. The molecule has 2 heteroatoms. The predicted molar refractivity (Wildman–Crippen MR) is 65.7 cm³/mol. The van der Waals surface area contributed by atoms with E-state index in [1.165, 1.54) is 5.69 Å². The molecule has 2 nitrogen and oxygen atoms in total. The lowest BCUT2D eigenvalue weighted by molar-refractivity contribution is 0.408. The highest BCUT2D eigenvalue weighted by Crippen LogP contribution is 2.28. The number of nitrogens with zero attached hydrogens (tertiary/aromatic N) is 1. The summed E-state index contributed by atoms with van der Waals surface area (Å²) in [5.74, 6) is 0.971. The van der Waals surface area contributed by atoms with Crippen molar-refractivity contribution >= 4 is 5.69 Å². The molecule has 0 saturated carbocycles. The van der Waals surface area contributed by atoms with Crippen molar-refractivity contribution < 1.29 is 4.74 Å². The maximum atomic E-state index is 5.33. The molecule has 0 aliphatic heterocycles. The zero-order valence-electron chi connectivity index (χ0n) is 10.0. The van der Waals surface area contributed by atoms with Gasteiger partial charge in [0, 0.05) is 12.2 Å². The molecule has 0 bridgehead atoms. The molecule has 1 aromatic rings. The van der Waals surface area contributed by atoms with E-state index in [2.05, 4.69) is 44.4 Å². The lowest BCUT2D eigenvalue weighted by atomic mass is 10.1. The maximum Gasteiger partial charge on any atom is 0.124 e. The smallest absolute Gasteiger partial charge is 0.124 e. The van der Waals surface area contributed by atoms with Crippen LogP contribution >= 0.6 is 0 Å². The monoisotopic (exact) mass is 205 g/mol. The molecule has 0 fully saturated rings. The minimum Gasteiger partial charge on any atom is -0.496 e. The van der Waals surface area contributed by atoms with E-state index < -0.39 is 0 Å². The molecule has 1 aromatic carbocycles. The molecule has 0 aliphatic carbocycles. The summed E-state index contributed by atoms with van der Waals surface area (Å²) in [4.78, 5) is 2.11. The lowest BCUT2D eigenvalue weighted by Gasteiger charge is -2.20. The first-order valence-corrected chi connectivity index (χ1v) is 5.18. The summed E-state index contributed by atoms with van der Waals surface area (Å²) in [6, 6.07) is 4.24. The van der Waals surface area contributed by atoms with Gasteiger partial charge in [0.25, 0.3) is 0 Å². The first kappa shape index (κ1) is 11.6. The fraction of sp³-hybridized carbons (Fsp3) is 0.385. The molecule has 82 valence electrons. The van der Waals surface area contributed by atoms with Gasteiger partial charge in [-0.3, -0.25) is 0 Å². The molecule has 0 unspecified atom stereocenters. The molecule has 0 aromatic heterocycles. The van der Waals surface area contributed by atoms with Crippen molar-refractivity contribution in [2.75, 3.05) is 18.6 Å². The van der Waals surface area contributed by atoms with Crippen molar-refractivity contribution in [3.8, 4) is 5.75 Å². The summed E-state index contributed by atoms with van der Waals surface area (Å²) in [7, 11) is 1.71. The highest BCUT2D eigenvalue weighted by molar-refractivity contribution is 5.57. The van der Waals surface area contributed by atoms with Gasteiger partial charge < -0.3 is 9.64 Å². The van der Waals surface area contributed by atoms with Crippen LogP contribution in [0.1, 0.15) is 18.1 Å². The molecular weight excluding hydrogens is 186 g/mol. The van der Waals surface area contributed by atoms with Crippen molar-refractivity contribution in [2.24, 2.45) is 0 Å². The summed E-state index contributed by atoms with van der Waals surface area (Å²) in [5, 5.41) is 0. The van der Waals surface area contributed by atoms with E-state index in [0.29, 0.717) is 0 Å². The van der Waals surface area contributed by atoms with Crippen molar-refractivity contribution in [1.82, 2.24) is 0 Å². The highest BCUT2D eigenvalue weighted by Gasteiger charge is 2.07. The van der Waals surface area contributed by atoms with Crippen LogP contribution in [0.3, 0.4) is 0 Å². The van der Waals surface area contributed by atoms with Crippen molar-refractivity contribution in [3.05, 3.63) is 36.0 Å². The Morgan fingerprint density at radius 2 is 1.87 bits per heavy atom. The Labute approximate surface area is 92.2 Å². The third-order valence-electron chi connectivity index (χ3n) is 2.54. The molecule has 0 atom stereocenters. The standard InChI is InChI=1S/C13H19NO/c1-6-14(7-2)12-8-10(3)13(15-5)11(4)9-12/h6,8-9H,1,7H2,2-5H3. The maximum absolute atomic E-state index is 5.33. The number of hydrogen-bond donors (Lipinski definition) is 0. The molecule has 0 spiro atoms. The fourth-order valence-corrected chi connectivity index (χ4v) is 1.83. The second-order valence-electron chi connectivity index (χ2n) is 3.58. The van der Waals surface area contributed by atoms with Crippen molar-refractivity contribution in [1.29, 1.82) is 0 Å². The van der Waals surface area contributed by atoms with Crippen LogP contribution in [0.5, 0.6) is 5.75 Å². The van der Waals surface area contributed by atoms with Gasteiger partial charge in [0.05, 0.1) is 7.11 Å². The second kappa shape index (κ2) is 4.87. The number of methoxy groups -OCH3 is 1. The first-order chi connectivity index (χ1) is 7.13. The van der Waals surface area contributed by atoms with E-state index in [1.807, 2.05) is 6.20 Å². The van der Waals surface area contributed by atoms with Gasteiger partial charge in [0.15, 0.2) is 0 Å². The van der Waals surface area contributed by atoms with Crippen LogP contribution in [0.25, 0.3) is 0 Å². The highest BCUT2D eigenvalue weighted by atomic mass is 16.5. The zero-order valence-corrected chi connectivity index (χ0v) is 10.0. The van der Waals surface area contributed by atoms with Crippen LogP contribution in [-0.2, 0) is 0 Å². The third-order valence-corrected chi connectivity index (χ3v) is 2.54. The SMILES string of the molecule is C=CN(CC)c1cc(C)c(OC)c(C)c1. The third kappa shape index (κ3) is 2.32. The quantitative estimate of drug-likeness (QED) is 0.748. The molecule has 0 N–H and O–H groups in total. The Morgan fingerprint density at radius 1 is 1.33 bits per heavy atom. The molecule has 0 amide bonds. The average Bonchev–Trinajstić information content (AvgIpc) is 2.19. The van der Waals surface area contributed by atoms with Crippen molar-refractivity contribution in [3.63, 3.8) is 0 Å². The van der Waals surface area contributed by atoms with Gasteiger partial charge in [-0.1, -0.05) is 6.58 Å². The fourth-order valence-electron chi connectivity index (χ4n) is 1.83. The van der Waals surface area contributed by atoms with Crippen LogP contribution in [0.15, 0.2) is 24.9 Å². The number of aryl methyl sites for hydroxylation is 2. The van der Waals surface area contributed by atoms with E-state index >= 15 is 0 Å². The number of benzene rings is 1. The normalized spacial score (nSPS) is 9.87. The van der Waals surface area contributed by atoms with Gasteiger partial charge in [0.1, 0.15) is 5.75 Å². The summed E-state index contributed by atoms with van der Waals surface area (Å²) < 4.78 is 5.33. The van der Waals surface area contributed by atoms with E-state index in [1.54, 1.807) is 7.11 Å². The Balaban J connectivity index is 3.18. The Morgan fingerprint density at radius 3 is 2.20 bits per heavy atom. The van der Waals surface area contributed by atoms with Gasteiger partial charge >= 0.3 is 0 Å². The number of ether oxygens (including phenoxy) is 1. The Kier molecular flexibility index (Phi) is 3.78. The van der Waals surface area contributed by atoms with Crippen LogP contribution < -0.4 is 9.64 Å². The van der Waals surface area contributed by atoms with E-state index in [-0.39, 0.29) is 0 Å². The summed E-state index contributed by atoms with van der Waals surface area (Å²) in [6.45, 7) is 11.0. The molecule has 0 radical (unpaired) electrons. The average molecular weight is 205 g/mol. The Hall–Kier alpha value is -1.44. The summed E-state index contributed by atoms with van der Waals surface area (Å²) in [5.41, 5.74) is 3.49. The van der Waals surface area contributed by atoms with Crippen molar-refractivity contribution in [2.45, 2.75) is 20.8 Å². The topological polar surface area (TPSA) is 12.5 Å². The van der Waals surface area contributed by atoms with Crippen LogP contribution in [-0.4, -0.2) is 13.7 Å². The lowest BCUT2D eigenvalue weighted by Crippen LogP contribution is -2.14.